The van der Waals surface area contributed by atoms with E-state index in [0.717, 1.165) is 24.8 Å². The molecule has 0 bridgehead atoms. The van der Waals surface area contributed by atoms with Gasteiger partial charge in [-0.15, -0.1) is 0 Å². The second-order valence-electron chi connectivity index (χ2n) is 5.35. The molecule has 0 aromatic heterocycles. The van der Waals surface area contributed by atoms with Gasteiger partial charge >= 0.3 is 0 Å². The van der Waals surface area contributed by atoms with E-state index in [1.54, 1.807) is 0 Å². The number of carbonyl (C=O) groups is 1. The van der Waals surface area contributed by atoms with E-state index < -0.39 is 0 Å². The summed E-state index contributed by atoms with van der Waals surface area (Å²) in [4.78, 5) is 10.9. The second-order valence-corrected chi connectivity index (χ2v) is 5.35. The van der Waals surface area contributed by atoms with E-state index >= 15 is 0 Å². The van der Waals surface area contributed by atoms with Crippen LogP contribution < -0.4 is 11.5 Å². The fraction of sp³-hybridized carbons (Fsp3) is 0.562. The van der Waals surface area contributed by atoms with E-state index in [4.69, 9.17) is 11.5 Å². The number of hydrogen-bond donors (Lipinski definition) is 2. The average Bonchev–Trinajstić information content (AvgIpc) is 2.36. The van der Waals surface area contributed by atoms with Crippen LogP contribution in [-0.2, 0) is 17.6 Å². The Balaban J connectivity index is 2.76. The first-order chi connectivity index (χ1) is 8.97. The lowest BCUT2D eigenvalue weighted by molar-refractivity contribution is -0.118. The number of aryl methyl sites for hydroxylation is 2. The van der Waals surface area contributed by atoms with E-state index in [-0.39, 0.29) is 17.9 Å². The summed E-state index contributed by atoms with van der Waals surface area (Å²) in [6, 6.07) is 6.47. The maximum atomic E-state index is 10.9. The number of primary amides is 1. The van der Waals surface area contributed by atoms with Crippen molar-refractivity contribution in [2.24, 2.45) is 17.4 Å². The monoisotopic (exact) mass is 262 g/mol. The molecular formula is C16H26N2O. The lowest BCUT2D eigenvalue weighted by Crippen LogP contribution is -2.19. The molecular weight excluding hydrogens is 236 g/mol. The molecule has 1 aromatic carbocycles. The number of amides is 1. The van der Waals surface area contributed by atoms with Crippen molar-refractivity contribution in [2.75, 3.05) is 0 Å². The molecule has 0 fully saturated rings. The standard InChI is InChI=1S/C16H26N2O/c1-4-12-6-7-14(10-13(12)5-2)15(17)8-11(3)9-16(18)19/h6-7,10-11,15H,4-5,8-9,17H2,1-3H3,(H2,18,19). The topological polar surface area (TPSA) is 69.1 Å². The van der Waals surface area contributed by atoms with Gasteiger partial charge in [0.05, 0.1) is 0 Å². The third-order valence-corrected chi connectivity index (χ3v) is 3.63. The van der Waals surface area contributed by atoms with Crippen LogP contribution >= 0.6 is 0 Å². The summed E-state index contributed by atoms with van der Waals surface area (Å²) < 4.78 is 0. The van der Waals surface area contributed by atoms with Crippen LogP contribution in [0.5, 0.6) is 0 Å². The maximum Gasteiger partial charge on any atom is 0.217 e. The number of rotatable bonds is 7. The SMILES string of the molecule is CCc1ccc(C(N)CC(C)CC(N)=O)cc1CC. The van der Waals surface area contributed by atoms with Gasteiger partial charge in [-0.25, -0.2) is 0 Å². The van der Waals surface area contributed by atoms with Crippen molar-refractivity contribution in [3.05, 3.63) is 34.9 Å². The molecule has 0 radical (unpaired) electrons. The molecule has 3 nitrogen and oxygen atoms in total. The van der Waals surface area contributed by atoms with Gasteiger partial charge in [0.15, 0.2) is 0 Å². The van der Waals surface area contributed by atoms with Gasteiger partial charge in [0.1, 0.15) is 0 Å². The summed E-state index contributed by atoms with van der Waals surface area (Å²) in [5.74, 6) is -0.0290. The van der Waals surface area contributed by atoms with Gasteiger partial charge < -0.3 is 11.5 Å². The van der Waals surface area contributed by atoms with Gasteiger partial charge in [-0.2, -0.15) is 0 Å². The highest BCUT2D eigenvalue weighted by Crippen LogP contribution is 2.23. The number of hydrogen-bond acceptors (Lipinski definition) is 2. The van der Waals surface area contributed by atoms with Crippen LogP contribution in [0.2, 0.25) is 0 Å². The molecule has 106 valence electrons. The number of nitrogens with two attached hydrogens (primary N) is 2. The van der Waals surface area contributed by atoms with Gasteiger partial charge in [-0.05, 0) is 41.9 Å². The molecule has 0 aliphatic carbocycles. The molecule has 2 unspecified atom stereocenters. The van der Waals surface area contributed by atoms with E-state index in [0.29, 0.717) is 6.42 Å². The Hall–Kier alpha value is -1.35. The van der Waals surface area contributed by atoms with Crippen molar-refractivity contribution >= 4 is 5.91 Å². The summed E-state index contributed by atoms with van der Waals surface area (Å²) >= 11 is 0. The number of benzene rings is 1. The molecule has 0 spiro atoms. The van der Waals surface area contributed by atoms with E-state index in [1.165, 1.54) is 11.1 Å². The predicted octanol–water partition coefficient (Wildman–Crippen LogP) is 2.71. The Morgan fingerprint density at radius 1 is 1.21 bits per heavy atom. The van der Waals surface area contributed by atoms with Gasteiger partial charge in [-0.1, -0.05) is 39.0 Å². The minimum Gasteiger partial charge on any atom is -0.370 e. The molecule has 0 aliphatic heterocycles. The first-order valence-electron chi connectivity index (χ1n) is 7.13. The fourth-order valence-corrected chi connectivity index (χ4v) is 2.55. The largest absolute Gasteiger partial charge is 0.370 e. The molecule has 1 aromatic rings. The molecule has 3 heteroatoms. The van der Waals surface area contributed by atoms with Gasteiger partial charge in [0.2, 0.25) is 5.91 Å². The lowest BCUT2D eigenvalue weighted by Gasteiger charge is -2.18. The van der Waals surface area contributed by atoms with Crippen LogP contribution in [0.15, 0.2) is 18.2 Å². The Bertz CT molecular complexity index is 429. The zero-order chi connectivity index (χ0) is 14.4. The van der Waals surface area contributed by atoms with Crippen molar-refractivity contribution in [3.8, 4) is 0 Å². The quantitative estimate of drug-likeness (QED) is 0.793. The van der Waals surface area contributed by atoms with Crippen molar-refractivity contribution in [1.82, 2.24) is 0 Å². The molecule has 0 heterocycles. The van der Waals surface area contributed by atoms with Gasteiger partial charge in [-0.3, -0.25) is 4.79 Å². The summed E-state index contributed by atoms with van der Waals surface area (Å²) in [5, 5.41) is 0. The lowest BCUT2D eigenvalue weighted by atomic mass is 9.91. The summed E-state index contributed by atoms with van der Waals surface area (Å²) in [6.45, 7) is 6.36. The van der Waals surface area contributed by atoms with E-state index in [2.05, 4.69) is 32.0 Å². The minimum atomic E-state index is -0.254. The smallest absolute Gasteiger partial charge is 0.217 e. The third kappa shape index (κ3) is 4.67. The molecule has 0 saturated carbocycles. The maximum absolute atomic E-state index is 10.9. The summed E-state index contributed by atoms with van der Waals surface area (Å²) in [7, 11) is 0. The van der Waals surface area contributed by atoms with E-state index in [1.807, 2.05) is 6.92 Å². The molecule has 0 saturated heterocycles. The van der Waals surface area contributed by atoms with Crippen molar-refractivity contribution in [1.29, 1.82) is 0 Å². The van der Waals surface area contributed by atoms with Crippen LogP contribution in [0.1, 0.15) is 56.3 Å². The molecule has 2 atom stereocenters. The van der Waals surface area contributed by atoms with Crippen LogP contribution in [0, 0.1) is 5.92 Å². The summed E-state index contributed by atoms with van der Waals surface area (Å²) in [5.41, 5.74) is 15.4. The zero-order valence-corrected chi connectivity index (χ0v) is 12.3. The third-order valence-electron chi connectivity index (χ3n) is 3.63. The highest BCUT2D eigenvalue weighted by molar-refractivity contribution is 5.73. The molecule has 1 amide bonds. The predicted molar refractivity (Wildman–Crippen MR) is 79.7 cm³/mol. The fourth-order valence-electron chi connectivity index (χ4n) is 2.55. The van der Waals surface area contributed by atoms with Crippen molar-refractivity contribution in [3.63, 3.8) is 0 Å². The van der Waals surface area contributed by atoms with Crippen LogP contribution in [-0.4, -0.2) is 5.91 Å². The summed E-state index contributed by atoms with van der Waals surface area (Å²) in [6.07, 6.45) is 3.27. The zero-order valence-electron chi connectivity index (χ0n) is 12.3. The normalized spacial score (nSPS) is 14.1. The molecule has 0 aliphatic rings. The first-order valence-corrected chi connectivity index (χ1v) is 7.13. The van der Waals surface area contributed by atoms with Crippen molar-refractivity contribution in [2.45, 2.75) is 52.5 Å². The Kier molecular flexibility index (Phi) is 6.03. The number of carbonyl (C=O) groups excluding carboxylic acids is 1. The van der Waals surface area contributed by atoms with Gasteiger partial charge in [0, 0.05) is 12.5 Å². The Morgan fingerprint density at radius 2 is 1.84 bits per heavy atom. The van der Waals surface area contributed by atoms with Crippen LogP contribution in [0.25, 0.3) is 0 Å². The van der Waals surface area contributed by atoms with E-state index in [9.17, 15) is 4.79 Å². The highest BCUT2D eigenvalue weighted by Gasteiger charge is 2.14. The first kappa shape index (κ1) is 15.7. The Morgan fingerprint density at radius 3 is 2.37 bits per heavy atom. The van der Waals surface area contributed by atoms with Crippen molar-refractivity contribution < 1.29 is 4.79 Å². The molecule has 1 rings (SSSR count). The van der Waals surface area contributed by atoms with Gasteiger partial charge in [0.25, 0.3) is 0 Å². The molecule has 4 N–H and O–H groups in total. The average molecular weight is 262 g/mol. The molecule has 19 heavy (non-hydrogen) atoms. The van der Waals surface area contributed by atoms with Crippen LogP contribution in [0.4, 0.5) is 0 Å². The second kappa shape index (κ2) is 7.29. The highest BCUT2D eigenvalue weighted by atomic mass is 16.1. The minimum absolute atomic E-state index is 0.0226. The van der Waals surface area contributed by atoms with Crippen LogP contribution in [0.3, 0.4) is 0 Å². The Labute approximate surface area is 116 Å².